The van der Waals surface area contributed by atoms with E-state index >= 15 is 0 Å². The van der Waals surface area contributed by atoms with Gasteiger partial charge >= 0.3 is 0 Å². The third kappa shape index (κ3) is 4.67. The highest BCUT2D eigenvalue weighted by atomic mass is 35.5. The third-order valence-corrected chi connectivity index (χ3v) is 7.89. The fourth-order valence-electron chi connectivity index (χ4n) is 4.07. The number of thioether (sulfide) groups is 1. The molecule has 1 N–H and O–H groups in total. The molecule has 180 valence electrons. The molecule has 0 bridgehead atoms. The van der Waals surface area contributed by atoms with Crippen LogP contribution in [0.1, 0.15) is 11.1 Å². The minimum atomic E-state index is -0.531. The number of benzene rings is 3. The molecule has 9 heteroatoms. The van der Waals surface area contributed by atoms with Crippen LogP contribution in [0.15, 0.2) is 83.4 Å². The highest BCUT2D eigenvalue weighted by molar-refractivity contribution is 7.98. The second kappa shape index (κ2) is 10.1. The van der Waals surface area contributed by atoms with Crippen LogP contribution in [0.5, 0.6) is 0 Å². The average Bonchev–Trinajstić information content (AvgIpc) is 3.13. The van der Waals surface area contributed by atoms with Gasteiger partial charge in [0.1, 0.15) is 5.57 Å². The second-order valence-corrected chi connectivity index (χ2v) is 10.4. The molecular formula is C27H19Cl2N3O2S2. The number of aryl methyl sites for hydroxylation is 1. The monoisotopic (exact) mass is 551 g/mol. The number of nitrogens with one attached hydrogen (secondary N) is 1. The molecule has 1 aliphatic heterocycles. The number of hydrogen-bond donors (Lipinski definition) is 1. The van der Waals surface area contributed by atoms with Gasteiger partial charge in [-0.3, -0.25) is 19.8 Å². The maximum atomic E-state index is 13.6. The molecule has 2 heterocycles. The standard InChI is InChI=1S/C27H19Cl2N3O2S2/c1-31-23-5-3-2-4-20(23)21(26(31)36-15-16-6-8-17(28)9-7-16)14-22-24(33)30-27(35)32(25(22)34)19-12-10-18(29)11-13-19/h2-14H,15H2,1H3,(H,30,33,35). The number of aromatic nitrogens is 1. The largest absolute Gasteiger partial charge is 0.338 e. The van der Waals surface area contributed by atoms with Crippen molar-refractivity contribution >= 4 is 86.8 Å². The van der Waals surface area contributed by atoms with E-state index in [0.717, 1.165) is 27.1 Å². The van der Waals surface area contributed by atoms with Crippen LogP contribution in [0.3, 0.4) is 0 Å². The van der Waals surface area contributed by atoms with Crippen molar-refractivity contribution in [3.05, 3.63) is 99.5 Å². The van der Waals surface area contributed by atoms with Crippen LogP contribution in [0.25, 0.3) is 17.0 Å². The van der Waals surface area contributed by atoms with Crippen LogP contribution in [0.4, 0.5) is 5.69 Å². The Bertz CT molecular complexity index is 1540. The molecule has 0 atom stereocenters. The highest BCUT2D eigenvalue weighted by Gasteiger charge is 2.35. The minimum absolute atomic E-state index is 0.00301. The summed E-state index contributed by atoms with van der Waals surface area (Å²) in [7, 11) is 1.98. The van der Waals surface area contributed by atoms with E-state index in [2.05, 4.69) is 9.88 Å². The summed E-state index contributed by atoms with van der Waals surface area (Å²) in [4.78, 5) is 27.8. The summed E-state index contributed by atoms with van der Waals surface area (Å²) in [5.74, 6) is -0.331. The molecule has 0 spiro atoms. The van der Waals surface area contributed by atoms with Crippen LogP contribution >= 0.6 is 47.2 Å². The number of thiocarbonyl (C=S) groups is 1. The Morgan fingerprint density at radius 1 is 0.944 bits per heavy atom. The van der Waals surface area contributed by atoms with Crippen molar-refractivity contribution in [2.45, 2.75) is 10.8 Å². The summed E-state index contributed by atoms with van der Waals surface area (Å²) in [5.41, 5.74) is 3.43. The van der Waals surface area contributed by atoms with Gasteiger partial charge in [-0.1, -0.05) is 53.5 Å². The zero-order chi connectivity index (χ0) is 25.4. The normalized spacial score (nSPS) is 15.1. The van der Waals surface area contributed by atoms with Gasteiger partial charge in [0.2, 0.25) is 0 Å². The lowest BCUT2D eigenvalue weighted by Gasteiger charge is -2.29. The van der Waals surface area contributed by atoms with Crippen molar-refractivity contribution in [3.63, 3.8) is 0 Å². The zero-order valence-electron chi connectivity index (χ0n) is 19.0. The molecule has 3 aromatic carbocycles. The van der Waals surface area contributed by atoms with Crippen molar-refractivity contribution in [2.75, 3.05) is 4.90 Å². The average molecular weight is 553 g/mol. The van der Waals surface area contributed by atoms with Gasteiger partial charge in [-0.15, -0.1) is 11.8 Å². The molecule has 1 fully saturated rings. The Kier molecular flexibility index (Phi) is 6.90. The lowest BCUT2D eigenvalue weighted by molar-refractivity contribution is -0.122. The summed E-state index contributed by atoms with van der Waals surface area (Å²) in [6.07, 6.45) is 1.66. The molecule has 0 saturated carbocycles. The van der Waals surface area contributed by atoms with Crippen LogP contribution in [-0.2, 0) is 22.4 Å². The Morgan fingerprint density at radius 3 is 2.28 bits per heavy atom. The van der Waals surface area contributed by atoms with E-state index in [-0.39, 0.29) is 10.7 Å². The molecule has 0 radical (unpaired) electrons. The summed E-state index contributed by atoms with van der Waals surface area (Å²) in [5, 5.41) is 5.77. The van der Waals surface area contributed by atoms with Gasteiger partial charge in [0.25, 0.3) is 11.8 Å². The number of halogens is 2. The Balaban J connectivity index is 1.58. The van der Waals surface area contributed by atoms with E-state index < -0.39 is 11.8 Å². The van der Waals surface area contributed by atoms with Crippen molar-refractivity contribution < 1.29 is 9.59 Å². The van der Waals surface area contributed by atoms with E-state index in [4.69, 9.17) is 35.4 Å². The van der Waals surface area contributed by atoms with Gasteiger partial charge in [-0.2, -0.15) is 0 Å². The first-order valence-corrected chi connectivity index (χ1v) is 13.1. The second-order valence-electron chi connectivity index (χ2n) is 8.14. The molecule has 5 rings (SSSR count). The van der Waals surface area contributed by atoms with Crippen molar-refractivity contribution in [1.82, 2.24) is 9.88 Å². The number of carbonyl (C=O) groups is 2. The molecule has 1 aromatic heterocycles. The van der Waals surface area contributed by atoms with Crippen LogP contribution in [0.2, 0.25) is 10.0 Å². The van der Waals surface area contributed by atoms with Crippen molar-refractivity contribution in [3.8, 4) is 0 Å². The molecule has 0 aliphatic carbocycles. The summed E-state index contributed by atoms with van der Waals surface area (Å²) < 4.78 is 2.08. The quantitative estimate of drug-likeness (QED) is 0.131. The van der Waals surface area contributed by atoms with E-state index in [1.165, 1.54) is 4.90 Å². The molecule has 1 saturated heterocycles. The van der Waals surface area contributed by atoms with E-state index in [0.29, 0.717) is 21.5 Å². The number of para-hydroxylation sites is 1. The molecule has 0 unspecified atom stereocenters. The number of amides is 2. The maximum Gasteiger partial charge on any atom is 0.270 e. The number of hydrogen-bond acceptors (Lipinski definition) is 4. The fourth-order valence-corrected chi connectivity index (χ4v) is 5.72. The molecule has 1 aliphatic rings. The highest BCUT2D eigenvalue weighted by Crippen LogP contribution is 2.36. The Hall–Kier alpha value is -3.10. The summed E-state index contributed by atoms with van der Waals surface area (Å²) in [6, 6.07) is 22.3. The minimum Gasteiger partial charge on any atom is -0.338 e. The number of nitrogens with zero attached hydrogens (tertiary/aromatic N) is 2. The molecule has 5 nitrogen and oxygen atoms in total. The predicted octanol–water partition coefficient (Wildman–Crippen LogP) is 6.61. The number of carbonyl (C=O) groups excluding carboxylic acids is 2. The molecule has 4 aromatic rings. The Morgan fingerprint density at radius 2 is 1.58 bits per heavy atom. The number of fused-ring (bicyclic) bond motifs is 1. The first-order valence-electron chi connectivity index (χ1n) is 10.9. The summed E-state index contributed by atoms with van der Waals surface area (Å²) in [6.45, 7) is 0. The van der Waals surface area contributed by atoms with Crippen LogP contribution in [-0.4, -0.2) is 21.5 Å². The molecule has 2 amide bonds. The SMILES string of the molecule is Cn1c(SCc2ccc(Cl)cc2)c(C=C2C(=O)NC(=S)N(c3ccc(Cl)cc3)C2=O)c2ccccc21. The number of rotatable bonds is 5. The maximum absolute atomic E-state index is 13.6. The lowest BCUT2D eigenvalue weighted by atomic mass is 10.1. The molecular weight excluding hydrogens is 533 g/mol. The predicted molar refractivity (Wildman–Crippen MR) is 152 cm³/mol. The first kappa shape index (κ1) is 24.6. The molecule has 36 heavy (non-hydrogen) atoms. The van der Waals surface area contributed by atoms with Gasteiger partial charge in [0.05, 0.1) is 10.7 Å². The van der Waals surface area contributed by atoms with Gasteiger partial charge in [-0.25, -0.2) is 0 Å². The van der Waals surface area contributed by atoms with Crippen LogP contribution < -0.4 is 10.2 Å². The van der Waals surface area contributed by atoms with E-state index in [9.17, 15) is 9.59 Å². The first-order chi connectivity index (χ1) is 17.3. The lowest BCUT2D eigenvalue weighted by Crippen LogP contribution is -2.54. The van der Waals surface area contributed by atoms with Crippen molar-refractivity contribution in [2.24, 2.45) is 7.05 Å². The van der Waals surface area contributed by atoms with Gasteiger partial charge in [-0.05, 0) is 66.3 Å². The number of anilines is 1. The van der Waals surface area contributed by atoms with Crippen LogP contribution in [0, 0.1) is 0 Å². The van der Waals surface area contributed by atoms with Gasteiger partial charge in [0, 0.05) is 39.3 Å². The van der Waals surface area contributed by atoms with Crippen molar-refractivity contribution in [1.29, 1.82) is 0 Å². The third-order valence-electron chi connectivity index (χ3n) is 5.85. The van der Waals surface area contributed by atoms with Gasteiger partial charge in [0.15, 0.2) is 5.11 Å². The van der Waals surface area contributed by atoms with E-state index in [1.807, 2.05) is 55.6 Å². The van der Waals surface area contributed by atoms with E-state index in [1.54, 1.807) is 42.1 Å². The van der Waals surface area contributed by atoms with Gasteiger partial charge < -0.3 is 4.57 Å². The Labute approximate surface area is 227 Å². The smallest absolute Gasteiger partial charge is 0.270 e. The topological polar surface area (TPSA) is 54.3 Å². The fraction of sp³-hybridized carbons (Fsp3) is 0.0741. The zero-order valence-corrected chi connectivity index (χ0v) is 22.1. The summed E-state index contributed by atoms with van der Waals surface area (Å²) >= 11 is 19.0.